The maximum absolute atomic E-state index is 11.5. The normalized spacial score (nSPS) is 19.7. The summed E-state index contributed by atoms with van der Waals surface area (Å²) in [7, 11) is 6.26. The van der Waals surface area contributed by atoms with Crippen LogP contribution in [0.3, 0.4) is 0 Å². The Balaban J connectivity index is 2.41. The van der Waals surface area contributed by atoms with Crippen molar-refractivity contribution in [1.82, 2.24) is 9.80 Å². The van der Waals surface area contributed by atoms with Crippen LogP contribution in [0, 0.1) is 0 Å². The van der Waals surface area contributed by atoms with Gasteiger partial charge in [-0.05, 0) is 47.3 Å². The van der Waals surface area contributed by atoms with E-state index in [0.29, 0.717) is 13.2 Å². The van der Waals surface area contributed by atoms with Crippen molar-refractivity contribution >= 4 is 5.97 Å². The lowest BCUT2D eigenvalue weighted by molar-refractivity contribution is -0.145. The van der Waals surface area contributed by atoms with Crippen molar-refractivity contribution in [2.24, 2.45) is 5.73 Å². The minimum absolute atomic E-state index is 0.267. The van der Waals surface area contributed by atoms with Crippen molar-refractivity contribution in [3.63, 3.8) is 0 Å². The predicted octanol–water partition coefficient (Wildman–Crippen LogP) is 0.293. The van der Waals surface area contributed by atoms with E-state index >= 15 is 0 Å². The summed E-state index contributed by atoms with van der Waals surface area (Å²) in [6.45, 7) is 3.68. The topological polar surface area (TPSA) is 58.8 Å². The summed E-state index contributed by atoms with van der Waals surface area (Å²) in [5.41, 5.74) is 6.10. The monoisotopic (exact) mass is 257 g/mol. The van der Waals surface area contributed by atoms with Crippen LogP contribution in [0.4, 0.5) is 0 Å². The highest BCUT2D eigenvalue weighted by Crippen LogP contribution is 2.36. The molecule has 0 radical (unpaired) electrons. The van der Waals surface area contributed by atoms with E-state index in [1.165, 1.54) is 19.3 Å². The maximum Gasteiger partial charge on any atom is 0.324 e. The second-order valence-electron chi connectivity index (χ2n) is 5.53. The largest absolute Gasteiger partial charge is 0.465 e. The van der Waals surface area contributed by atoms with Crippen LogP contribution in [0.1, 0.15) is 26.2 Å². The number of hydrogen-bond donors (Lipinski definition) is 1. The van der Waals surface area contributed by atoms with E-state index in [1.807, 2.05) is 7.05 Å². The minimum atomic E-state index is -0.547. The average molecular weight is 257 g/mol. The van der Waals surface area contributed by atoms with Gasteiger partial charge in [-0.3, -0.25) is 4.79 Å². The van der Waals surface area contributed by atoms with Crippen molar-refractivity contribution in [2.75, 3.05) is 40.8 Å². The summed E-state index contributed by atoms with van der Waals surface area (Å²) >= 11 is 0. The molecule has 2 N–H and O–H groups in total. The van der Waals surface area contributed by atoms with Gasteiger partial charge in [-0.25, -0.2) is 0 Å². The highest BCUT2D eigenvalue weighted by Gasteiger charge is 2.40. The highest BCUT2D eigenvalue weighted by molar-refractivity contribution is 5.75. The number of ether oxygens (including phenoxy) is 1. The molecular formula is C13H27N3O2. The lowest BCUT2D eigenvalue weighted by atomic mass is 9.75. The standard InChI is InChI=1S/C13H27N3O2/c1-5-18-12(17)11(14)9-16(4)10-13(15(2)3)7-6-8-13/h11H,5-10,14H2,1-4H3. The van der Waals surface area contributed by atoms with Crippen molar-refractivity contribution in [3.8, 4) is 0 Å². The Morgan fingerprint density at radius 2 is 2.00 bits per heavy atom. The molecule has 1 atom stereocenters. The molecule has 1 aliphatic rings. The molecule has 5 heteroatoms. The fourth-order valence-electron chi connectivity index (χ4n) is 2.56. The van der Waals surface area contributed by atoms with E-state index in [0.717, 1.165) is 6.54 Å². The molecule has 18 heavy (non-hydrogen) atoms. The summed E-state index contributed by atoms with van der Waals surface area (Å²) in [6.07, 6.45) is 3.73. The summed E-state index contributed by atoms with van der Waals surface area (Å²) in [5.74, 6) is -0.308. The Bertz CT molecular complexity index is 277. The number of rotatable bonds is 7. The van der Waals surface area contributed by atoms with Gasteiger partial charge in [-0.1, -0.05) is 0 Å². The minimum Gasteiger partial charge on any atom is -0.465 e. The molecule has 1 fully saturated rings. The maximum atomic E-state index is 11.5. The first-order chi connectivity index (χ1) is 8.41. The van der Waals surface area contributed by atoms with Gasteiger partial charge in [0.1, 0.15) is 6.04 Å². The summed E-state index contributed by atoms with van der Waals surface area (Å²) in [5, 5.41) is 0. The van der Waals surface area contributed by atoms with Crippen LogP contribution < -0.4 is 5.73 Å². The predicted molar refractivity (Wildman–Crippen MR) is 72.4 cm³/mol. The Morgan fingerprint density at radius 3 is 2.39 bits per heavy atom. The molecule has 0 amide bonds. The molecule has 5 nitrogen and oxygen atoms in total. The fourth-order valence-corrected chi connectivity index (χ4v) is 2.56. The van der Waals surface area contributed by atoms with Gasteiger partial charge in [0, 0.05) is 18.6 Å². The molecule has 1 unspecified atom stereocenters. The molecule has 0 spiro atoms. The highest BCUT2D eigenvalue weighted by atomic mass is 16.5. The average Bonchev–Trinajstić information content (AvgIpc) is 2.23. The van der Waals surface area contributed by atoms with Gasteiger partial charge in [0.05, 0.1) is 6.61 Å². The molecule has 1 aliphatic carbocycles. The number of carbonyl (C=O) groups excluding carboxylic acids is 1. The Kier molecular flexibility index (Phi) is 5.56. The Morgan fingerprint density at radius 1 is 1.39 bits per heavy atom. The van der Waals surface area contributed by atoms with Gasteiger partial charge in [0.25, 0.3) is 0 Å². The zero-order valence-electron chi connectivity index (χ0n) is 12.1. The molecule has 0 bridgehead atoms. The summed E-state index contributed by atoms with van der Waals surface area (Å²) in [6, 6.07) is -0.547. The number of carbonyl (C=O) groups is 1. The summed E-state index contributed by atoms with van der Waals surface area (Å²) < 4.78 is 4.92. The Labute approximate surface area is 110 Å². The molecule has 1 saturated carbocycles. The number of nitrogens with two attached hydrogens (primary N) is 1. The zero-order valence-corrected chi connectivity index (χ0v) is 12.1. The zero-order chi connectivity index (χ0) is 13.8. The van der Waals surface area contributed by atoms with Crippen LogP contribution in [0.15, 0.2) is 0 Å². The second kappa shape index (κ2) is 6.50. The molecule has 0 saturated heterocycles. The molecule has 0 aliphatic heterocycles. The van der Waals surface area contributed by atoms with Crippen LogP contribution in [-0.4, -0.2) is 68.2 Å². The van der Waals surface area contributed by atoms with Crippen LogP contribution in [-0.2, 0) is 9.53 Å². The molecular weight excluding hydrogens is 230 g/mol. The number of esters is 1. The molecule has 0 heterocycles. The third-order valence-electron chi connectivity index (χ3n) is 3.89. The SMILES string of the molecule is CCOC(=O)C(N)CN(C)CC1(N(C)C)CCC1. The van der Waals surface area contributed by atoms with Crippen LogP contribution in [0.5, 0.6) is 0 Å². The Hall–Kier alpha value is -0.650. The number of hydrogen-bond acceptors (Lipinski definition) is 5. The first kappa shape index (κ1) is 15.4. The second-order valence-corrected chi connectivity index (χ2v) is 5.53. The van der Waals surface area contributed by atoms with Crippen LogP contribution in [0.2, 0.25) is 0 Å². The van der Waals surface area contributed by atoms with Crippen LogP contribution >= 0.6 is 0 Å². The first-order valence-electron chi connectivity index (χ1n) is 6.69. The van der Waals surface area contributed by atoms with Crippen molar-refractivity contribution in [1.29, 1.82) is 0 Å². The number of likely N-dealkylation sites (N-methyl/N-ethyl adjacent to an activating group) is 2. The lowest BCUT2D eigenvalue weighted by Crippen LogP contribution is -2.58. The molecule has 0 aromatic carbocycles. The quantitative estimate of drug-likeness (QED) is 0.665. The van der Waals surface area contributed by atoms with Gasteiger partial charge >= 0.3 is 5.97 Å². The van der Waals surface area contributed by atoms with E-state index in [2.05, 4.69) is 23.9 Å². The van der Waals surface area contributed by atoms with E-state index in [9.17, 15) is 4.79 Å². The summed E-state index contributed by atoms with van der Waals surface area (Å²) in [4.78, 5) is 15.9. The van der Waals surface area contributed by atoms with Crippen molar-refractivity contribution in [2.45, 2.75) is 37.8 Å². The fraction of sp³-hybridized carbons (Fsp3) is 0.923. The van der Waals surface area contributed by atoms with Gasteiger partial charge in [-0.15, -0.1) is 0 Å². The third kappa shape index (κ3) is 3.67. The van der Waals surface area contributed by atoms with Gasteiger partial charge in [0.15, 0.2) is 0 Å². The molecule has 1 rings (SSSR count). The molecule has 0 aromatic rings. The van der Waals surface area contributed by atoms with Crippen molar-refractivity contribution in [3.05, 3.63) is 0 Å². The lowest BCUT2D eigenvalue weighted by Gasteiger charge is -2.49. The van der Waals surface area contributed by atoms with E-state index in [4.69, 9.17) is 10.5 Å². The third-order valence-corrected chi connectivity index (χ3v) is 3.89. The van der Waals surface area contributed by atoms with Gasteiger partial charge in [-0.2, -0.15) is 0 Å². The number of nitrogens with zero attached hydrogens (tertiary/aromatic N) is 2. The van der Waals surface area contributed by atoms with Gasteiger partial charge < -0.3 is 20.3 Å². The van der Waals surface area contributed by atoms with E-state index in [1.54, 1.807) is 6.92 Å². The van der Waals surface area contributed by atoms with Crippen molar-refractivity contribution < 1.29 is 9.53 Å². The molecule has 106 valence electrons. The first-order valence-corrected chi connectivity index (χ1v) is 6.69. The van der Waals surface area contributed by atoms with E-state index < -0.39 is 6.04 Å². The van der Waals surface area contributed by atoms with Gasteiger partial charge in [0.2, 0.25) is 0 Å². The molecule has 0 aromatic heterocycles. The smallest absolute Gasteiger partial charge is 0.324 e. The van der Waals surface area contributed by atoms with Crippen LogP contribution in [0.25, 0.3) is 0 Å². The van der Waals surface area contributed by atoms with E-state index in [-0.39, 0.29) is 11.5 Å².